The zero-order valence-electron chi connectivity index (χ0n) is 10.9. The Morgan fingerprint density at radius 3 is 2.50 bits per heavy atom. The van der Waals surface area contributed by atoms with E-state index in [1.54, 1.807) is 6.07 Å². The number of likely N-dealkylation sites (tertiary alicyclic amines) is 1. The van der Waals surface area contributed by atoms with E-state index in [1.165, 1.54) is 25.3 Å². The summed E-state index contributed by atoms with van der Waals surface area (Å²) < 4.78 is 22.5. The van der Waals surface area contributed by atoms with Gasteiger partial charge in [-0.3, -0.25) is 4.79 Å². The van der Waals surface area contributed by atoms with Gasteiger partial charge in [-0.2, -0.15) is 0 Å². The standard InChI is InChI=1S/C13H16ClNO3S2/c14-20(17,18)13-5-4-11(19-13)6-12(16)15-7-9-2-1-3-10(9)8-15/h4-5,9-10H,1-3,6-8H2. The minimum absolute atomic E-state index is 0.0970. The highest BCUT2D eigenvalue weighted by atomic mass is 35.7. The number of hydrogen-bond donors (Lipinski definition) is 0. The third-order valence-corrected chi connectivity index (χ3v) is 7.46. The summed E-state index contributed by atoms with van der Waals surface area (Å²) in [4.78, 5) is 14.9. The molecule has 2 heterocycles. The smallest absolute Gasteiger partial charge is 0.270 e. The number of carbonyl (C=O) groups excluding carboxylic acids is 1. The fraction of sp³-hybridized carbons (Fsp3) is 0.615. The topological polar surface area (TPSA) is 54.5 Å². The van der Waals surface area contributed by atoms with Crippen molar-refractivity contribution < 1.29 is 13.2 Å². The third kappa shape index (κ3) is 2.87. The molecule has 1 saturated carbocycles. The first-order valence-electron chi connectivity index (χ1n) is 6.74. The monoisotopic (exact) mass is 333 g/mol. The highest BCUT2D eigenvalue weighted by Gasteiger charge is 2.37. The van der Waals surface area contributed by atoms with Crippen molar-refractivity contribution in [2.75, 3.05) is 13.1 Å². The molecule has 110 valence electrons. The molecule has 0 bridgehead atoms. The van der Waals surface area contributed by atoms with Gasteiger partial charge in [-0.05, 0) is 36.8 Å². The Kier molecular flexibility index (Phi) is 3.81. The number of rotatable bonds is 3. The van der Waals surface area contributed by atoms with Crippen LogP contribution < -0.4 is 0 Å². The Hall–Kier alpha value is -0.590. The van der Waals surface area contributed by atoms with Crippen molar-refractivity contribution in [1.29, 1.82) is 0 Å². The maximum atomic E-state index is 12.3. The molecule has 2 fully saturated rings. The summed E-state index contributed by atoms with van der Waals surface area (Å²) in [5.74, 6) is 1.46. The molecule has 2 atom stereocenters. The van der Waals surface area contributed by atoms with Crippen LogP contribution in [0.1, 0.15) is 24.1 Å². The van der Waals surface area contributed by atoms with Crippen molar-refractivity contribution >= 4 is 37.0 Å². The van der Waals surface area contributed by atoms with E-state index in [-0.39, 0.29) is 16.5 Å². The number of nitrogens with zero attached hydrogens (tertiary/aromatic N) is 1. The lowest BCUT2D eigenvalue weighted by Gasteiger charge is -2.16. The predicted molar refractivity (Wildman–Crippen MR) is 78.5 cm³/mol. The van der Waals surface area contributed by atoms with Crippen LogP contribution in [0, 0.1) is 11.8 Å². The van der Waals surface area contributed by atoms with E-state index < -0.39 is 9.05 Å². The van der Waals surface area contributed by atoms with Crippen LogP contribution in [0.4, 0.5) is 0 Å². The van der Waals surface area contributed by atoms with Gasteiger partial charge in [0.2, 0.25) is 5.91 Å². The molecular formula is C13H16ClNO3S2. The van der Waals surface area contributed by atoms with Gasteiger partial charge in [-0.1, -0.05) is 6.42 Å². The number of hydrogen-bond acceptors (Lipinski definition) is 4. The van der Waals surface area contributed by atoms with Gasteiger partial charge in [0, 0.05) is 28.6 Å². The third-order valence-electron chi connectivity index (χ3n) is 4.28. The summed E-state index contributed by atoms with van der Waals surface area (Å²) >= 11 is 1.08. The first-order valence-corrected chi connectivity index (χ1v) is 9.87. The first kappa shape index (κ1) is 14.4. The molecular weight excluding hydrogens is 318 g/mol. The van der Waals surface area contributed by atoms with E-state index in [9.17, 15) is 13.2 Å². The van der Waals surface area contributed by atoms with Gasteiger partial charge in [-0.25, -0.2) is 8.42 Å². The highest BCUT2D eigenvalue weighted by molar-refractivity contribution is 8.15. The van der Waals surface area contributed by atoms with E-state index in [2.05, 4.69) is 0 Å². The van der Waals surface area contributed by atoms with Gasteiger partial charge in [-0.15, -0.1) is 11.3 Å². The number of amides is 1. The summed E-state index contributed by atoms with van der Waals surface area (Å²) in [7, 11) is 1.60. The Labute approximate surface area is 127 Å². The van der Waals surface area contributed by atoms with E-state index in [1.807, 2.05) is 4.90 Å². The Morgan fingerprint density at radius 1 is 1.30 bits per heavy atom. The zero-order chi connectivity index (χ0) is 14.3. The molecule has 20 heavy (non-hydrogen) atoms. The van der Waals surface area contributed by atoms with Crippen molar-refractivity contribution in [2.24, 2.45) is 11.8 Å². The molecule has 7 heteroatoms. The van der Waals surface area contributed by atoms with Gasteiger partial charge in [0.05, 0.1) is 6.42 Å². The van der Waals surface area contributed by atoms with Crippen LogP contribution in [0.15, 0.2) is 16.3 Å². The van der Waals surface area contributed by atoms with E-state index in [0.29, 0.717) is 11.8 Å². The Morgan fingerprint density at radius 2 is 1.95 bits per heavy atom. The molecule has 0 N–H and O–H groups in total. The van der Waals surface area contributed by atoms with Gasteiger partial charge in [0.15, 0.2) is 0 Å². The highest BCUT2D eigenvalue weighted by Crippen LogP contribution is 2.38. The molecule has 1 aromatic rings. The lowest BCUT2D eigenvalue weighted by molar-refractivity contribution is -0.129. The average molecular weight is 334 g/mol. The minimum atomic E-state index is -3.68. The summed E-state index contributed by atoms with van der Waals surface area (Å²) in [6, 6.07) is 3.14. The maximum absolute atomic E-state index is 12.3. The van der Waals surface area contributed by atoms with Crippen molar-refractivity contribution in [3.63, 3.8) is 0 Å². The van der Waals surface area contributed by atoms with Gasteiger partial charge in [0.1, 0.15) is 4.21 Å². The van der Waals surface area contributed by atoms with Crippen LogP contribution in [0.2, 0.25) is 0 Å². The molecule has 3 rings (SSSR count). The van der Waals surface area contributed by atoms with E-state index in [0.717, 1.165) is 29.3 Å². The molecule has 1 amide bonds. The Bertz CT molecular complexity index is 613. The molecule has 2 aliphatic rings. The fourth-order valence-electron chi connectivity index (χ4n) is 3.28. The zero-order valence-corrected chi connectivity index (χ0v) is 13.3. The second-order valence-corrected chi connectivity index (χ2v) is 9.55. The first-order chi connectivity index (χ1) is 9.43. The van der Waals surface area contributed by atoms with Crippen molar-refractivity contribution in [3.05, 3.63) is 17.0 Å². The average Bonchev–Trinajstić information content (AvgIpc) is 3.00. The summed E-state index contributed by atoms with van der Waals surface area (Å²) in [6.07, 6.45) is 4.04. The van der Waals surface area contributed by atoms with Crippen LogP contribution in [0.5, 0.6) is 0 Å². The van der Waals surface area contributed by atoms with Crippen molar-refractivity contribution in [3.8, 4) is 0 Å². The molecule has 1 aromatic heterocycles. The fourth-order valence-corrected chi connectivity index (χ4v) is 5.40. The van der Waals surface area contributed by atoms with Crippen molar-refractivity contribution in [1.82, 2.24) is 4.90 Å². The predicted octanol–water partition coefficient (Wildman–Crippen LogP) is 2.48. The maximum Gasteiger partial charge on any atom is 0.270 e. The van der Waals surface area contributed by atoms with Crippen LogP contribution in [-0.4, -0.2) is 32.3 Å². The molecule has 2 unspecified atom stereocenters. The summed E-state index contributed by atoms with van der Waals surface area (Å²) in [5.41, 5.74) is 0. The second kappa shape index (κ2) is 5.31. The largest absolute Gasteiger partial charge is 0.342 e. The number of halogens is 1. The molecule has 0 radical (unpaired) electrons. The van der Waals surface area contributed by atoms with Crippen LogP contribution in [-0.2, 0) is 20.3 Å². The Balaban J connectivity index is 1.63. The van der Waals surface area contributed by atoms with Gasteiger partial charge >= 0.3 is 0 Å². The molecule has 1 aliphatic heterocycles. The summed E-state index contributed by atoms with van der Waals surface area (Å²) in [6.45, 7) is 1.74. The lowest BCUT2D eigenvalue weighted by atomic mass is 10.0. The van der Waals surface area contributed by atoms with Gasteiger partial charge < -0.3 is 4.90 Å². The minimum Gasteiger partial charge on any atom is -0.342 e. The molecule has 1 aliphatic carbocycles. The van der Waals surface area contributed by atoms with Crippen LogP contribution >= 0.6 is 22.0 Å². The quantitative estimate of drug-likeness (QED) is 0.798. The van der Waals surface area contributed by atoms with Gasteiger partial charge in [0.25, 0.3) is 9.05 Å². The normalized spacial score (nSPS) is 25.9. The van der Waals surface area contributed by atoms with E-state index >= 15 is 0 Å². The molecule has 1 saturated heterocycles. The van der Waals surface area contributed by atoms with Crippen LogP contribution in [0.25, 0.3) is 0 Å². The molecule has 4 nitrogen and oxygen atoms in total. The van der Waals surface area contributed by atoms with E-state index in [4.69, 9.17) is 10.7 Å². The number of fused-ring (bicyclic) bond motifs is 1. The number of carbonyl (C=O) groups is 1. The molecule has 0 spiro atoms. The summed E-state index contributed by atoms with van der Waals surface area (Å²) in [5, 5.41) is 0. The number of thiophene rings is 1. The van der Waals surface area contributed by atoms with Crippen molar-refractivity contribution in [2.45, 2.75) is 29.9 Å². The SMILES string of the molecule is O=C(Cc1ccc(S(=O)(=O)Cl)s1)N1CC2CCCC2C1. The second-order valence-electron chi connectivity index (χ2n) is 5.59. The molecule has 0 aromatic carbocycles. The van der Waals surface area contributed by atoms with Crippen LogP contribution in [0.3, 0.4) is 0 Å². The lowest BCUT2D eigenvalue weighted by Crippen LogP contribution is -2.30.